The van der Waals surface area contributed by atoms with Crippen molar-refractivity contribution in [2.24, 2.45) is 0 Å². The van der Waals surface area contributed by atoms with Crippen LogP contribution in [0.4, 0.5) is 5.82 Å². The number of benzene rings is 2. The number of hydrogen-bond donors (Lipinski definition) is 1. The van der Waals surface area contributed by atoms with Gasteiger partial charge in [0, 0.05) is 6.54 Å². The third-order valence-corrected chi connectivity index (χ3v) is 5.26. The highest BCUT2D eigenvalue weighted by atomic mass is 16.5. The van der Waals surface area contributed by atoms with Gasteiger partial charge in [-0.05, 0) is 36.1 Å². The van der Waals surface area contributed by atoms with Crippen molar-refractivity contribution >= 4 is 17.0 Å². The van der Waals surface area contributed by atoms with E-state index in [9.17, 15) is 0 Å². The minimum absolute atomic E-state index is 0.287. The summed E-state index contributed by atoms with van der Waals surface area (Å²) in [6, 6.07) is 19.0. The van der Waals surface area contributed by atoms with Gasteiger partial charge in [-0.2, -0.15) is 0 Å². The Morgan fingerprint density at radius 1 is 0.964 bits per heavy atom. The third-order valence-electron chi connectivity index (χ3n) is 5.26. The topological polar surface area (TPSA) is 66.9 Å². The van der Waals surface area contributed by atoms with Crippen molar-refractivity contribution < 1.29 is 4.74 Å². The van der Waals surface area contributed by atoms with E-state index in [0.29, 0.717) is 12.3 Å². The first kappa shape index (κ1) is 16.7. The van der Waals surface area contributed by atoms with Crippen LogP contribution >= 0.6 is 0 Å². The van der Waals surface area contributed by atoms with E-state index in [1.807, 2.05) is 18.2 Å². The fourth-order valence-electron chi connectivity index (χ4n) is 3.82. The average molecular weight is 371 g/mol. The predicted octanol–water partition coefficient (Wildman–Crippen LogP) is 4.07. The molecule has 2 aromatic carbocycles. The molecule has 4 aromatic rings. The molecule has 5 rings (SSSR count). The summed E-state index contributed by atoms with van der Waals surface area (Å²) in [5.74, 6) is 1.80. The smallest absolute Gasteiger partial charge is 0.182 e. The lowest BCUT2D eigenvalue weighted by Gasteiger charge is -2.25. The zero-order valence-electron chi connectivity index (χ0n) is 15.5. The maximum absolute atomic E-state index is 6.12. The van der Waals surface area contributed by atoms with Crippen molar-refractivity contribution in [3.05, 3.63) is 67.3 Å². The maximum Gasteiger partial charge on any atom is 0.182 e. The van der Waals surface area contributed by atoms with Gasteiger partial charge in [0.1, 0.15) is 24.2 Å². The number of nitrogens with one attached hydrogen (secondary N) is 1. The Morgan fingerprint density at radius 3 is 2.64 bits per heavy atom. The number of rotatable bonds is 5. The molecular weight excluding hydrogens is 350 g/mol. The summed E-state index contributed by atoms with van der Waals surface area (Å²) in [7, 11) is 0. The normalized spacial score (nSPS) is 16.6. The second kappa shape index (κ2) is 7.31. The van der Waals surface area contributed by atoms with Crippen LogP contribution < -0.4 is 9.64 Å². The number of aromatic amines is 1. The Hall–Kier alpha value is -3.41. The van der Waals surface area contributed by atoms with E-state index in [0.717, 1.165) is 36.5 Å². The molecule has 1 fully saturated rings. The van der Waals surface area contributed by atoms with Crippen LogP contribution in [0.25, 0.3) is 22.3 Å². The van der Waals surface area contributed by atoms with Crippen LogP contribution in [0, 0.1) is 0 Å². The molecule has 1 aliphatic rings. The summed E-state index contributed by atoms with van der Waals surface area (Å²) in [5.41, 5.74) is 4.00. The van der Waals surface area contributed by atoms with Gasteiger partial charge >= 0.3 is 0 Å². The van der Waals surface area contributed by atoms with E-state index in [1.165, 1.54) is 11.1 Å². The minimum atomic E-state index is 0.287. The van der Waals surface area contributed by atoms with Gasteiger partial charge < -0.3 is 14.6 Å². The highest BCUT2D eigenvalue weighted by Crippen LogP contribution is 2.29. The number of imidazole rings is 1. The summed E-state index contributed by atoms with van der Waals surface area (Å²) < 4.78 is 6.12. The number of aromatic nitrogens is 4. The quantitative estimate of drug-likeness (QED) is 0.573. The summed E-state index contributed by atoms with van der Waals surface area (Å²) in [4.78, 5) is 18.4. The SMILES string of the molecule is c1ccc(-c2ccc(OC[C@H]3CCCN3c3ncnc4nc[nH]c34)cc2)cc1. The predicted molar refractivity (Wildman–Crippen MR) is 109 cm³/mol. The summed E-state index contributed by atoms with van der Waals surface area (Å²) >= 11 is 0. The first-order valence-corrected chi connectivity index (χ1v) is 9.57. The van der Waals surface area contributed by atoms with Gasteiger partial charge in [-0.1, -0.05) is 42.5 Å². The monoisotopic (exact) mass is 371 g/mol. The molecule has 1 N–H and O–H groups in total. The van der Waals surface area contributed by atoms with E-state index < -0.39 is 0 Å². The third kappa shape index (κ3) is 3.17. The summed E-state index contributed by atoms with van der Waals surface area (Å²) in [6.07, 6.45) is 5.46. The molecule has 0 bridgehead atoms. The van der Waals surface area contributed by atoms with Crippen molar-refractivity contribution in [2.75, 3.05) is 18.1 Å². The molecule has 0 unspecified atom stereocenters. The second-order valence-corrected chi connectivity index (χ2v) is 6.99. The number of hydrogen-bond acceptors (Lipinski definition) is 5. The van der Waals surface area contributed by atoms with Gasteiger partial charge in [0.15, 0.2) is 11.5 Å². The molecule has 1 aliphatic heterocycles. The van der Waals surface area contributed by atoms with Crippen LogP contribution in [0.2, 0.25) is 0 Å². The van der Waals surface area contributed by atoms with E-state index in [2.05, 4.69) is 61.2 Å². The fraction of sp³-hybridized carbons (Fsp3) is 0.227. The molecule has 28 heavy (non-hydrogen) atoms. The highest BCUT2D eigenvalue weighted by molar-refractivity contribution is 5.83. The van der Waals surface area contributed by atoms with Gasteiger partial charge in [-0.3, -0.25) is 0 Å². The molecule has 0 radical (unpaired) electrons. The van der Waals surface area contributed by atoms with Gasteiger partial charge in [-0.15, -0.1) is 0 Å². The molecule has 0 saturated carbocycles. The Kier molecular flexibility index (Phi) is 4.37. The Labute approximate surface area is 163 Å². The second-order valence-electron chi connectivity index (χ2n) is 6.99. The Bertz CT molecular complexity index is 1060. The molecule has 1 atom stereocenters. The van der Waals surface area contributed by atoms with Crippen LogP contribution in [0.1, 0.15) is 12.8 Å². The Balaban J connectivity index is 1.29. The fourth-order valence-corrected chi connectivity index (χ4v) is 3.82. The van der Waals surface area contributed by atoms with Gasteiger partial charge in [0.25, 0.3) is 0 Å². The number of anilines is 1. The van der Waals surface area contributed by atoms with Crippen LogP contribution in [-0.4, -0.2) is 39.1 Å². The molecule has 0 spiro atoms. The van der Waals surface area contributed by atoms with Crippen LogP contribution in [0.3, 0.4) is 0 Å². The van der Waals surface area contributed by atoms with E-state index in [1.54, 1.807) is 12.7 Å². The van der Waals surface area contributed by atoms with Crippen molar-refractivity contribution in [2.45, 2.75) is 18.9 Å². The molecular formula is C22H21N5O. The van der Waals surface area contributed by atoms with Crippen molar-refractivity contribution in [1.29, 1.82) is 0 Å². The zero-order chi connectivity index (χ0) is 18.8. The van der Waals surface area contributed by atoms with Crippen molar-refractivity contribution in [1.82, 2.24) is 19.9 Å². The number of ether oxygens (including phenoxy) is 1. The summed E-state index contributed by atoms with van der Waals surface area (Å²) in [5, 5.41) is 0. The van der Waals surface area contributed by atoms with Gasteiger partial charge in [-0.25, -0.2) is 15.0 Å². The zero-order valence-corrected chi connectivity index (χ0v) is 15.5. The lowest BCUT2D eigenvalue weighted by atomic mass is 10.1. The van der Waals surface area contributed by atoms with E-state index >= 15 is 0 Å². The van der Waals surface area contributed by atoms with Gasteiger partial charge in [0.05, 0.1) is 12.4 Å². The molecule has 6 nitrogen and oxygen atoms in total. The first-order chi connectivity index (χ1) is 13.9. The molecule has 1 saturated heterocycles. The minimum Gasteiger partial charge on any atom is -0.491 e. The maximum atomic E-state index is 6.12. The highest BCUT2D eigenvalue weighted by Gasteiger charge is 2.28. The average Bonchev–Trinajstić information content (AvgIpc) is 3.42. The van der Waals surface area contributed by atoms with Crippen molar-refractivity contribution in [3.8, 4) is 16.9 Å². The van der Waals surface area contributed by atoms with E-state index in [-0.39, 0.29) is 6.04 Å². The Morgan fingerprint density at radius 2 is 1.79 bits per heavy atom. The van der Waals surface area contributed by atoms with Gasteiger partial charge in [0.2, 0.25) is 0 Å². The lowest BCUT2D eigenvalue weighted by molar-refractivity contribution is 0.288. The first-order valence-electron chi connectivity index (χ1n) is 9.57. The molecule has 3 heterocycles. The molecule has 0 amide bonds. The van der Waals surface area contributed by atoms with Crippen molar-refractivity contribution in [3.63, 3.8) is 0 Å². The number of nitrogens with zero attached hydrogens (tertiary/aromatic N) is 4. The van der Waals surface area contributed by atoms with Crippen LogP contribution in [0.15, 0.2) is 67.3 Å². The molecule has 6 heteroatoms. The standard InChI is InChI=1S/C22H21N5O/c1-2-5-16(6-3-1)17-8-10-19(11-9-17)28-13-18-7-4-12-27(18)22-20-21(24-14-23-20)25-15-26-22/h1-3,5-6,8-11,14-15,18H,4,7,12-13H2,(H,23,24,25,26)/t18-/m1/s1. The number of fused-ring (bicyclic) bond motifs is 1. The molecule has 2 aromatic heterocycles. The summed E-state index contributed by atoms with van der Waals surface area (Å²) in [6.45, 7) is 1.59. The molecule has 140 valence electrons. The molecule has 0 aliphatic carbocycles. The number of H-pyrrole nitrogens is 1. The largest absolute Gasteiger partial charge is 0.491 e. The van der Waals surface area contributed by atoms with Crippen LogP contribution in [-0.2, 0) is 0 Å². The van der Waals surface area contributed by atoms with E-state index in [4.69, 9.17) is 4.74 Å². The lowest BCUT2D eigenvalue weighted by Crippen LogP contribution is -2.35. The van der Waals surface area contributed by atoms with Crippen LogP contribution in [0.5, 0.6) is 5.75 Å².